The summed E-state index contributed by atoms with van der Waals surface area (Å²) in [5.41, 5.74) is 2.46. The molecule has 7 nitrogen and oxygen atoms in total. The molecule has 2 heterocycles. The Balaban J connectivity index is 1.78. The summed E-state index contributed by atoms with van der Waals surface area (Å²) in [5.74, 6) is 1.31. The van der Waals surface area contributed by atoms with E-state index in [9.17, 15) is 4.79 Å². The van der Waals surface area contributed by atoms with E-state index < -0.39 is 0 Å². The van der Waals surface area contributed by atoms with Crippen LogP contribution in [-0.4, -0.2) is 25.8 Å². The molecule has 3 rings (SSSR count). The molecule has 0 bridgehead atoms. The number of rotatable bonds is 5. The van der Waals surface area contributed by atoms with E-state index in [4.69, 9.17) is 4.52 Å². The number of aromatic nitrogens is 4. The van der Waals surface area contributed by atoms with Crippen LogP contribution in [0.2, 0.25) is 0 Å². The molecule has 0 spiro atoms. The molecule has 23 heavy (non-hydrogen) atoms. The number of thioether (sulfide) groups is 1. The van der Waals surface area contributed by atoms with E-state index in [-0.39, 0.29) is 5.91 Å². The number of amides is 1. The average molecular weight is 329 g/mol. The van der Waals surface area contributed by atoms with Crippen molar-refractivity contribution in [2.24, 2.45) is 0 Å². The van der Waals surface area contributed by atoms with Crippen LogP contribution in [0.25, 0.3) is 5.69 Å². The number of nitrogens with zero attached hydrogens (tertiary/aromatic N) is 4. The zero-order valence-corrected chi connectivity index (χ0v) is 13.5. The predicted molar refractivity (Wildman–Crippen MR) is 86.5 cm³/mol. The Morgan fingerprint density at radius 2 is 2.26 bits per heavy atom. The van der Waals surface area contributed by atoms with Gasteiger partial charge in [0, 0.05) is 24.4 Å². The number of benzene rings is 1. The lowest BCUT2D eigenvalue weighted by molar-refractivity contribution is -0.114. The largest absolute Gasteiger partial charge is 0.361 e. The quantitative estimate of drug-likeness (QED) is 0.724. The van der Waals surface area contributed by atoms with Crippen LogP contribution >= 0.6 is 11.8 Å². The Hall–Kier alpha value is -2.61. The molecule has 0 radical (unpaired) electrons. The SMILES string of the molecule is CC(=O)Nc1cccc(-n2cnnc2SCc2cc(C)on2)c1. The van der Waals surface area contributed by atoms with Gasteiger partial charge in [-0.25, -0.2) is 0 Å². The highest BCUT2D eigenvalue weighted by Crippen LogP contribution is 2.24. The van der Waals surface area contributed by atoms with Gasteiger partial charge in [-0.15, -0.1) is 10.2 Å². The van der Waals surface area contributed by atoms with Crippen molar-refractivity contribution in [3.05, 3.63) is 48.1 Å². The van der Waals surface area contributed by atoms with Crippen molar-refractivity contribution in [1.82, 2.24) is 19.9 Å². The number of anilines is 1. The first-order chi connectivity index (χ1) is 11.1. The predicted octanol–water partition coefficient (Wildman–Crippen LogP) is 2.81. The number of nitrogens with one attached hydrogen (secondary N) is 1. The van der Waals surface area contributed by atoms with Gasteiger partial charge >= 0.3 is 0 Å². The normalized spacial score (nSPS) is 10.7. The minimum Gasteiger partial charge on any atom is -0.361 e. The lowest BCUT2D eigenvalue weighted by Gasteiger charge is -2.08. The van der Waals surface area contributed by atoms with Gasteiger partial charge in [-0.2, -0.15) is 0 Å². The first kappa shape index (κ1) is 15.3. The topological polar surface area (TPSA) is 85.8 Å². The minimum absolute atomic E-state index is 0.109. The molecular weight excluding hydrogens is 314 g/mol. The van der Waals surface area contributed by atoms with Gasteiger partial charge in [0.05, 0.1) is 11.4 Å². The lowest BCUT2D eigenvalue weighted by atomic mass is 10.2. The molecule has 0 aliphatic rings. The third-order valence-electron chi connectivity index (χ3n) is 2.99. The average Bonchev–Trinajstić information content (AvgIpc) is 3.13. The number of hydrogen-bond acceptors (Lipinski definition) is 6. The van der Waals surface area contributed by atoms with Crippen LogP contribution in [0.3, 0.4) is 0 Å². The fourth-order valence-corrected chi connectivity index (χ4v) is 2.87. The van der Waals surface area contributed by atoms with Crippen LogP contribution in [-0.2, 0) is 10.5 Å². The molecule has 0 atom stereocenters. The zero-order chi connectivity index (χ0) is 16.2. The summed E-state index contributed by atoms with van der Waals surface area (Å²) in [7, 11) is 0. The van der Waals surface area contributed by atoms with E-state index in [2.05, 4.69) is 20.7 Å². The molecule has 8 heteroatoms. The van der Waals surface area contributed by atoms with Gasteiger partial charge in [-0.1, -0.05) is 23.0 Å². The second kappa shape index (κ2) is 6.66. The van der Waals surface area contributed by atoms with E-state index in [0.717, 1.165) is 28.0 Å². The summed E-state index contributed by atoms with van der Waals surface area (Å²) in [6.07, 6.45) is 1.64. The standard InChI is InChI=1S/C15H15N5O2S/c1-10-6-13(19-22-10)8-23-15-18-16-9-20(15)14-5-3-4-12(7-14)17-11(2)21/h3-7,9H,8H2,1-2H3,(H,17,21). The molecule has 0 aliphatic heterocycles. The second-order valence-corrected chi connectivity index (χ2v) is 5.88. The van der Waals surface area contributed by atoms with Gasteiger partial charge < -0.3 is 9.84 Å². The molecule has 0 unspecified atom stereocenters. The number of carbonyl (C=O) groups excluding carboxylic acids is 1. The highest BCUT2D eigenvalue weighted by Gasteiger charge is 2.10. The Morgan fingerprint density at radius 3 is 3.00 bits per heavy atom. The number of carbonyl (C=O) groups is 1. The maximum atomic E-state index is 11.2. The Labute approximate surface area is 137 Å². The molecule has 1 N–H and O–H groups in total. The monoisotopic (exact) mass is 329 g/mol. The summed E-state index contributed by atoms with van der Waals surface area (Å²) in [6, 6.07) is 9.40. The summed E-state index contributed by atoms with van der Waals surface area (Å²) in [6.45, 7) is 3.34. The van der Waals surface area contributed by atoms with Gasteiger partial charge in [0.1, 0.15) is 12.1 Å². The molecular formula is C15H15N5O2S. The molecule has 0 saturated carbocycles. The van der Waals surface area contributed by atoms with Crippen molar-refractivity contribution in [2.45, 2.75) is 24.8 Å². The Morgan fingerprint density at radius 1 is 1.39 bits per heavy atom. The Bertz CT molecular complexity index is 827. The van der Waals surface area contributed by atoms with Crippen LogP contribution < -0.4 is 5.32 Å². The summed E-state index contributed by atoms with van der Waals surface area (Å²) >= 11 is 1.51. The maximum absolute atomic E-state index is 11.2. The number of aryl methyl sites for hydroxylation is 1. The third kappa shape index (κ3) is 3.78. The molecule has 0 saturated heterocycles. The summed E-state index contributed by atoms with van der Waals surface area (Å²) < 4.78 is 6.92. The van der Waals surface area contributed by atoms with Crippen molar-refractivity contribution < 1.29 is 9.32 Å². The van der Waals surface area contributed by atoms with Gasteiger partial charge in [-0.3, -0.25) is 9.36 Å². The van der Waals surface area contributed by atoms with Crippen molar-refractivity contribution in [3.63, 3.8) is 0 Å². The van der Waals surface area contributed by atoms with Crippen molar-refractivity contribution in [2.75, 3.05) is 5.32 Å². The fourth-order valence-electron chi connectivity index (χ4n) is 2.06. The van der Waals surface area contributed by atoms with E-state index in [1.165, 1.54) is 18.7 Å². The first-order valence-electron chi connectivity index (χ1n) is 6.95. The van der Waals surface area contributed by atoms with E-state index >= 15 is 0 Å². The highest BCUT2D eigenvalue weighted by molar-refractivity contribution is 7.98. The van der Waals surface area contributed by atoms with Crippen LogP contribution in [0, 0.1) is 6.92 Å². The van der Waals surface area contributed by atoms with E-state index in [1.54, 1.807) is 6.33 Å². The van der Waals surface area contributed by atoms with Gasteiger partial charge in [0.2, 0.25) is 5.91 Å². The van der Waals surface area contributed by atoms with E-state index in [1.807, 2.05) is 41.8 Å². The molecule has 1 aromatic carbocycles. The minimum atomic E-state index is -0.109. The lowest BCUT2D eigenvalue weighted by Crippen LogP contribution is -2.06. The molecule has 118 valence electrons. The van der Waals surface area contributed by atoms with Gasteiger partial charge in [-0.05, 0) is 25.1 Å². The van der Waals surface area contributed by atoms with Gasteiger partial charge in [0.15, 0.2) is 5.16 Å². The van der Waals surface area contributed by atoms with Crippen molar-refractivity contribution in [3.8, 4) is 5.69 Å². The molecule has 0 aliphatic carbocycles. The molecule has 1 amide bonds. The van der Waals surface area contributed by atoms with Gasteiger partial charge in [0.25, 0.3) is 0 Å². The summed E-state index contributed by atoms with van der Waals surface area (Å²) in [4.78, 5) is 11.2. The number of hydrogen-bond donors (Lipinski definition) is 1. The highest BCUT2D eigenvalue weighted by atomic mass is 32.2. The van der Waals surface area contributed by atoms with Crippen LogP contribution in [0.15, 0.2) is 46.3 Å². The molecule has 3 aromatic rings. The molecule has 0 fully saturated rings. The van der Waals surface area contributed by atoms with Crippen molar-refractivity contribution >= 4 is 23.4 Å². The maximum Gasteiger partial charge on any atom is 0.221 e. The van der Waals surface area contributed by atoms with E-state index in [0.29, 0.717) is 5.75 Å². The molecule has 2 aromatic heterocycles. The van der Waals surface area contributed by atoms with Crippen molar-refractivity contribution in [1.29, 1.82) is 0 Å². The Kier molecular flexibility index (Phi) is 4.42. The smallest absolute Gasteiger partial charge is 0.221 e. The second-order valence-electron chi connectivity index (χ2n) is 4.93. The van der Waals surface area contributed by atoms with Crippen LogP contribution in [0.4, 0.5) is 5.69 Å². The first-order valence-corrected chi connectivity index (χ1v) is 7.93. The fraction of sp³-hybridized carbons (Fsp3) is 0.200. The third-order valence-corrected chi connectivity index (χ3v) is 3.96. The van der Waals surface area contributed by atoms with Crippen LogP contribution in [0.1, 0.15) is 18.4 Å². The summed E-state index contributed by atoms with van der Waals surface area (Å²) in [5, 5.41) is 15.6. The zero-order valence-electron chi connectivity index (χ0n) is 12.7. The van der Waals surface area contributed by atoms with Crippen LogP contribution in [0.5, 0.6) is 0 Å².